The lowest BCUT2D eigenvalue weighted by Crippen LogP contribution is -1.99. The highest BCUT2D eigenvalue weighted by Crippen LogP contribution is 2.46. The van der Waals surface area contributed by atoms with Gasteiger partial charge in [-0.05, 0) is 49.3 Å². The van der Waals surface area contributed by atoms with Gasteiger partial charge in [0, 0.05) is 18.2 Å². The summed E-state index contributed by atoms with van der Waals surface area (Å²) in [4.78, 5) is 1.35. The third kappa shape index (κ3) is 3.37. The van der Waals surface area contributed by atoms with Gasteiger partial charge >= 0.3 is 12.0 Å². The van der Waals surface area contributed by atoms with Gasteiger partial charge in [-0.1, -0.05) is 76.0 Å². The molecule has 0 saturated carbocycles. The second-order valence-electron chi connectivity index (χ2n) is 7.67. The second-order valence-corrected chi connectivity index (χ2v) is 7.67. The number of rotatable bonds is 5. The fraction of sp³-hybridized carbons (Fsp3) is 0.0833. The normalized spacial score (nSPS) is 11.2. The predicted molar refractivity (Wildman–Crippen MR) is 125 cm³/mol. The van der Waals surface area contributed by atoms with Gasteiger partial charge in [-0.15, -0.1) is 0 Å². The molecule has 10 heteroatoms. The maximum absolute atomic E-state index is 6.22. The Bertz CT molecular complexity index is 1660. The van der Waals surface area contributed by atoms with Gasteiger partial charge in [-0.3, -0.25) is 0 Å². The molecule has 166 valence electrons. The summed E-state index contributed by atoms with van der Waals surface area (Å²) >= 11 is 0. The van der Waals surface area contributed by atoms with Gasteiger partial charge in [0.15, 0.2) is 0 Å². The summed E-state index contributed by atoms with van der Waals surface area (Å²) in [7, 11) is 3.41. The summed E-state index contributed by atoms with van der Waals surface area (Å²) in [5.41, 5.74) is 1.68. The third-order valence-electron chi connectivity index (χ3n) is 5.51. The van der Waals surface area contributed by atoms with Gasteiger partial charge in [-0.25, -0.2) is 0 Å². The third-order valence-corrected chi connectivity index (χ3v) is 5.51. The smallest absolute Gasteiger partial charge is 0.361 e. The average Bonchev–Trinajstić information content (AvgIpc) is 3.46. The fourth-order valence-electron chi connectivity index (χ4n) is 4.00. The van der Waals surface area contributed by atoms with Crippen LogP contribution in [0.5, 0.6) is 23.5 Å². The number of benzene rings is 4. The van der Waals surface area contributed by atoms with Crippen molar-refractivity contribution in [3.05, 3.63) is 72.8 Å². The fourth-order valence-corrected chi connectivity index (χ4v) is 4.00. The summed E-state index contributed by atoms with van der Waals surface area (Å²) in [6.45, 7) is 0. The summed E-state index contributed by atoms with van der Waals surface area (Å²) in [5.74, 6) is 1.16. The van der Waals surface area contributed by atoms with Crippen LogP contribution in [0, 0.1) is 0 Å². The Morgan fingerprint density at radius 2 is 1.26 bits per heavy atom. The number of nitrogens with zero attached hydrogens (tertiary/aromatic N) is 8. The number of aromatic nitrogens is 8. The minimum absolute atomic E-state index is 0.152. The molecule has 0 fully saturated rings. The van der Waals surface area contributed by atoms with E-state index in [1.807, 2.05) is 48.5 Å². The van der Waals surface area contributed by atoms with E-state index in [1.165, 1.54) is 9.48 Å². The van der Waals surface area contributed by atoms with E-state index in [0.29, 0.717) is 11.5 Å². The zero-order chi connectivity index (χ0) is 23.1. The SMILES string of the molecule is Cn1nnc(Oc2ccc3ccccc3c2-c2c(Oc3nnnn3C)ccc3ccccc23)n1. The molecule has 0 aliphatic rings. The van der Waals surface area contributed by atoms with Crippen LogP contribution in [-0.4, -0.2) is 40.4 Å². The Morgan fingerprint density at radius 3 is 1.82 bits per heavy atom. The lowest BCUT2D eigenvalue weighted by Gasteiger charge is -2.18. The van der Waals surface area contributed by atoms with Crippen molar-refractivity contribution in [1.82, 2.24) is 40.4 Å². The molecular weight excluding hydrogens is 432 g/mol. The first-order valence-corrected chi connectivity index (χ1v) is 10.5. The Hall–Kier alpha value is -4.86. The first-order chi connectivity index (χ1) is 16.7. The van der Waals surface area contributed by atoms with E-state index in [1.54, 1.807) is 14.1 Å². The molecule has 10 nitrogen and oxygen atoms in total. The Labute approximate surface area is 193 Å². The van der Waals surface area contributed by atoms with Crippen LogP contribution in [0.3, 0.4) is 0 Å². The van der Waals surface area contributed by atoms with Crippen molar-refractivity contribution in [3.63, 3.8) is 0 Å². The van der Waals surface area contributed by atoms with Crippen molar-refractivity contribution in [3.8, 4) is 34.6 Å². The monoisotopic (exact) mass is 450 g/mol. The van der Waals surface area contributed by atoms with E-state index in [2.05, 4.69) is 55.2 Å². The molecule has 0 radical (unpaired) electrons. The van der Waals surface area contributed by atoms with Crippen LogP contribution in [0.4, 0.5) is 0 Å². The zero-order valence-corrected chi connectivity index (χ0v) is 18.3. The van der Waals surface area contributed by atoms with Crippen LogP contribution in [0.1, 0.15) is 0 Å². The zero-order valence-electron chi connectivity index (χ0n) is 18.3. The lowest BCUT2D eigenvalue weighted by molar-refractivity contribution is 0.415. The van der Waals surface area contributed by atoms with Crippen LogP contribution >= 0.6 is 0 Å². The van der Waals surface area contributed by atoms with Gasteiger partial charge in [0.1, 0.15) is 11.5 Å². The molecule has 0 spiro atoms. The maximum atomic E-state index is 6.22. The number of tetrazole rings is 2. The van der Waals surface area contributed by atoms with Crippen LogP contribution in [-0.2, 0) is 14.1 Å². The molecule has 0 saturated heterocycles. The molecule has 2 aromatic heterocycles. The molecule has 4 aromatic carbocycles. The van der Waals surface area contributed by atoms with Crippen molar-refractivity contribution in [2.75, 3.05) is 0 Å². The van der Waals surface area contributed by atoms with E-state index in [4.69, 9.17) is 9.47 Å². The molecule has 2 heterocycles. The maximum Gasteiger partial charge on any atom is 0.361 e. The average molecular weight is 450 g/mol. The molecule has 6 aromatic rings. The first kappa shape index (κ1) is 19.8. The van der Waals surface area contributed by atoms with Crippen molar-refractivity contribution in [2.45, 2.75) is 0 Å². The van der Waals surface area contributed by atoms with Crippen LogP contribution < -0.4 is 9.47 Å². The van der Waals surface area contributed by atoms with Gasteiger partial charge in [0.05, 0.1) is 7.05 Å². The number of ether oxygens (including phenoxy) is 2. The molecule has 0 bridgehead atoms. The van der Waals surface area contributed by atoms with Crippen LogP contribution in [0.2, 0.25) is 0 Å². The summed E-state index contributed by atoms with van der Waals surface area (Å²) in [6, 6.07) is 24.5. The number of aryl methyl sites for hydroxylation is 2. The standard InChI is InChI=1S/C24H18N8O2/c1-31-24(26-28-30-31)34-20-14-12-16-8-4-6-10-18(16)22(20)21-17-9-5-3-7-15(17)11-13-19(21)33-23-25-29-32(2)27-23/h3-14H,1-2H3. The topological polar surface area (TPSA) is 106 Å². The van der Waals surface area contributed by atoms with Crippen molar-refractivity contribution in [2.24, 2.45) is 14.1 Å². The molecular formula is C24H18N8O2. The number of fused-ring (bicyclic) bond motifs is 2. The molecule has 0 N–H and O–H groups in total. The molecule has 0 aliphatic heterocycles. The molecule has 6 rings (SSSR count). The van der Waals surface area contributed by atoms with E-state index < -0.39 is 0 Å². The minimum atomic E-state index is 0.152. The van der Waals surface area contributed by atoms with Crippen LogP contribution in [0.15, 0.2) is 72.8 Å². The van der Waals surface area contributed by atoms with Gasteiger partial charge in [0.25, 0.3) is 0 Å². The highest BCUT2D eigenvalue weighted by Gasteiger charge is 2.21. The highest BCUT2D eigenvalue weighted by atomic mass is 16.5. The molecule has 0 atom stereocenters. The second kappa shape index (κ2) is 7.93. The number of hydrogen-bond donors (Lipinski definition) is 0. The molecule has 0 amide bonds. The molecule has 0 aliphatic carbocycles. The summed E-state index contributed by atoms with van der Waals surface area (Å²) in [5, 5.41) is 27.7. The van der Waals surface area contributed by atoms with Crippen molar-refractivity contribution >= 4 is 21.5 Å². The largest absolute Gasteiger partial charge is 0.423 e. The first-order valence-electron chi connectivity index (χ1n) is 10.5. The molecule has 34 heavy (non-hydrogen) atoms. The van der Waals surface area contributed by atoms with E-state index in [-0.39, 0.29) is 12.0 Å². The van der Waals surface area contributed by atoms with Crippen LogP contribution in [0.25, 0.3) is 32.7 Å². The Morgan fingerprint density at radius 1 is 0.647 bits per heavy atom. The predicted octanol–water partition coefficient (Wildman–Crippen LogP) is 4.29. The minimum Gasteiger partial charge on any atom is -0.423 e. The number of hydrogen-bond acceptors (Lipinski definition) is 8. The van der Waals surface area contributed by atoms with Gasteiger partial charge in [-0.2, -0.15) is 9.48 Å². The summed E-state index contributed by atoms with van der Waals surface area (Å²) < 4.78 is 13.8. The van der Waals surface area contributed by atoms with E-state index in [9.17, 15) is 0 Å². The Balaban J connectivity index is 1.66. The van der Waals surface area contributed by atoms with Gasteiger partial charge < -0.3 is 9.47 Å². The lowest BCUT2D eigenvalue weighted by atomic mass is 9.92. The van der Waals surface area contributed by atoms with Gasteiger partial charge in [0.2, 0.25) is 0 Å². The highest BCUT2D eigenvalue weighted by molar-refractivity contribution is 6.09. The van der Waals surface area contributed by atoms with E-state index in [0.717, 1.165) is 32.7 Å². The van der Waals surface area contributed by atoms with Crippen molar-refractivity contribution in [1.29, 1.82) is 0 Å². The van der Waals surface area contributed by atoms with Crippen molar-refractivity contribution < 1.29 is 9.47 Å². The molecule has 0 unspecified atom stereocenters. The summed E-state index contributed by atoms with van der Waals surface area (Å²) in [6.07, 6.45) is 0. The quantitative estimate of drug-likeness (QED) is 0.383. The van der Waals surface area contributed by atoms with E-state index >= 15 is 0 Å². The Kier molecular flexibility index (Phi) is 4.61.